The van der Waals surface area contributed by atoms with Crippen molar-refractivity contribution in [2.45, 2.75) is 26.3 Å². The molecular formula is C17H20FNO. The molecule has 0 saturated heterocycles. The summed E-state index contributed by atoms with van der Waals surface area (Å²) >= 11 is 0. The average molecular weight is 273 g/mol. The van der Waals surface area contributed by atoms with E-state index in [0.29, 0.717) is 12.2 Å². The largest absolute Gasteiger partial charge is 0.491 e. The van der Waals surface area contributed by atoms with Crippen molar-refractivity contribution in [1.82, 2.24) is 0 Å². The number of halogens is 1. The third kappa shape index (κ3) is 3.50. The lowest BCUT2D eigenvalue weighted by atomic mass is 10.1. The molecule has 3 heteroatoms. The Bertz CT molecular complexity index is 556. The molecule has 0 aliphatic carbocycles. The summed E-state index contributed by atoms with van der Waals surface area (Å²) in [6.07, 6.45) is 0.956. The molecule has 2 rings (SSSR count). The first-order valence-corrected chi connectivity index (χ1v) is 6.95. The molecule has 0 amide bonds. The van der Waals surface area contributed by atoms with Gasteiger partial charge in [0, 0.05) is 5.56 Å². The second kappa shape index (κ2) is 6.94. The molecule has 0 fully saturated rings. The highest BCUT2D eigenvalue weighted by molar-refractivity contribution is 5.57. The Hall–Kier alpha value is -2.03. The van der Waals surface area contributed by atoms with Crippen molar-refractivity contribution in [3.8, 4) is 5.75 Å². The fourth-order valence-corrected chi connectivity index (χ4v) is 2.06. The summed E-state index contributed by atoms with van der Waals surface area (Å²) in [5.74, 6) is 0.608. The van der Waals surface area contributed by atoms with Crippen LogP contribution in [0.3, 0.4) is 0 Å². The van der Waals surface area contributed by atoms with Crippen molar-refractivity contribution in [1.29, 1.82) is 0 Å². The molecule has 2 aromatic carbocycles. The number of rotatable bonds is 6. The molecule has 0 bridgehead atoms. The van der Waals surface area contributed by atoms with Gasteiger partial charge in [-0.2, -0.15) is 0 Å². The lowest BCUT2D eigenvalue weighted by molar-refractivity contribution is 0.318. The predicted molar refractivity (Wildman–Crippen MR) is 80.7 cm³/mol. The highest BCUT2D eigenvalue weighted by Gasteiger charge is 2.12. The summed E-state index contributed by atoms with van der Waals surface area (Å²) in [6.45, 7) is 4.68. The molecule has 106 valence electrons. The Balaban J connectivity index is 2.15. The number of ether oxygens (including phenoxy) is 1. The van der Waals surface area contributed by atoms with E-state index in [0.717, 1.165) is 17.9 Å². The molecule has 0 radical (unpaired) electrons. The molecule has 2 nitrogen and oxygen atoms in total. The minimum atomic E-state index is -0.195. The fourth-order valence-electron chi connectivity index (χ4n) is 2.06. The predicted octanol–water partition coefficient (Wildman–Crippen LogP) is 4.79. The van der Waals surface area contributed by atoms with E-state index in [1.165, 1.54) is 6.07 Å². The second-order valence-electron chi connectivity index (χ2n) is 4.73. The zero-order chi connectivity index (χ0) is 14.4. The van der Waals surface area contributed by atoms with Crippen molar-refractivity contribution in [2.75, 3.05) is 11.9 Å². The van der Waals surface area contributed by atoms with Crippen molar-refractivity contribution < 1.29 is 9.13 Å². The normalized spacial score (nSPS) is 11.9. The topological polar surface area (TPSA) is 21.3 Å². The monoisotopic (exact) mass is 273 g/mol. The molecular weight excluding hydrogens is 253 g/mol. The third-order valence-electron chi connectivity index (χ3n) is 3.09. The summed E-state index contributed by atoms with van der Waals surface area (Å²) in [6, 6.07) is 14.4. The molecule has 0 aliphatic rings. The van der Waals surface area contributed by atoms with E-state index in [-0.39, 0.29) is 11.9 Å². The summed E-state index contributed by atoms with van der Waals surface area (Å²) in [7, 11) is 0. The third-order valence-corrected chi connectivity index (χ3v) is 3.09. The van der Waals surface area contributed by atoms with Crippen LogP contribution >= 0.6 is 0 Å². The summed E-state index contributed by atoms with van der Waals surface area (Å²) in [4.78, 5) is 0. The van der Waals surface area contributed by atoms with Crippen molar-refractivity contribution in [2.24, 2.45) is 0 Å². The number of benzene rings is 2. The maximum absolute atomic E-state index is 13.8. The molecule has 2 aromatic rings. The zero-order valence-corrected chi connectivity index (χ0v) is 11.9. The van der Waals surface area contributed by atoms with Gasteiger partial charge in [-0.15, -0.1) is 0 Å². The first-order valence-electron chi connectivity index (χ1n) is 6.95. The average Bonchev–Trinajstić information content (AvgIpc) is 2.46. The van der Waals surface area contributed by atoms with Crippen LogP contribution in [0.15, 0.2) is 48.5 Å². The zero-order valence-electron chi connectivity index (χ0n) is 11.9. The molecule has 0 aromatic heterocycles. The molecule has 0 heterocycles. The Kier molecular flexibility index (Phi) is 4.99. The van der Waals surface area contributed by atoms with E-state index in [1.807, 2.05) is 37.3 Å². The van der Waals surface area contributed by atoms with Crippen LogP contribution in [0.25, 0.3) is 0 Å². The highest BCUT2D eigenvalue weighted by Crippen LogP contribution is 2.28. The SMILES string of the molecule is CCCOc1ccccc1NC(C)c1ccccc1F. The van der Waals surface area contributed by atoms with Gasteiger partial charge in [0.05, 0.1) is 18.3 Å². The van der Waals surface area contributed by atoms with E-state index in [4.69, 9.17) is 4.74 Å². The Morgan fingerprint density at radius 2 is 1.80 bits per heavy atom. The molecule has 1 N–H and O–H groups in total. The van der Waals surface area contributed by atoms with Crippen LogP contribution in [0.1, 0.15) is 31.9 Å². The smallest absolute Gasteiger partial charge is 0.142 e. The van der Waals surface area contributed by atoms with E-state index < -0.39 is 0 Å². The lowest BCUT2D eigenvalue weighted by Crippen LogP contribution is -2.10. The minimum Gasteiger partial charge on any atom is -0.491 e. The Morgan fingerprint density at radius 3 is 2.55 bits per heavy atom. The molecule has 0 saturated carbocycles. The van der Waals surface area contributed by atoms with Crippen LogP contribution in [-0.2, 0) is 0 Å². The highest BCUT2D eigenvalue weighted by atomic mass is 19.1. The van der Waals surface area contributed by atoms with Crippen LogP contribution in [0.4, 0.5) is 10.1 Å². The number of hydrogen-bond donors (Lipinski definition) is 1. The lowest BCUT2D eigenvalue weighted by Gasteiger charge is -2.19. The van der Waals surface area contributed by atoms with Gasteiger partial charge in [-0.05, 0) is 31.5 Å². The van der Waals surface area contributed by atoms with Crippen LogP contribution in [0, 0.1) is 5.82 Å². The first kappa shape index (κ1) is 14.4. The van der Waals surface area contributed by atoms with Crippen molar-refractivity contribution in [3.63, 3.8) is 0 Å². The second-order valence-corrected chi connectivity index (χ2v) is 4.73. The Labute approximate surface area is 119 Å². The van der Waals surface area contributed by atoms with Crippen LogP contribution in [-0.4, -0.2) is 6.61 Å². The van der Waals surface area contributed by atoms with Gasteiger partial charge >= 0.3 is 0 Å². The number of anilines is 1. The minimum absolute atomic E-state index is 0.123. The van der Waals surface area contributed by atoms with Gasteiger partial charge in [0.2, 0.25) is 0 Å². The van der Waals surface area contributed by atoms with Gasteiger partial charge in [0.1, 0.15) is 11.6 Å². The molecule has 20 heavy (non-hydrogen) atoms. The molecule has 1 unspecified atom stereocenters. The van der Waals surface area contributed by atoms with Crippen LogP contribution < -0.4 is 10.1 Å². The number of para-hydroxylation sites is 2. The van der Waals surface area contributed by atoms with Crippen molar-refractivity contribution in [3.05, 3.63) is 59.9 Å². The van der Waals surface area contributed by atoms with Gasteiger partial charge in [-0.3, -0.25) is 0 Å². The van der Waals surface area contributed by atoms with Crippen molar-refractivity contribution >= 4 is 5.69 Å². The van der Waals surface area contributed by atoms with Crippen LogP contribution in [0.5, 0.6) is 5.75 Å². The number of hydrogen-bond acceptors (Lipinski definition) is 2. The summed E-state index contributed by atoms with van der Waals surface area (Å²) in [5.41, 5.74) is 1.54. The van der Waals surface area contributed by atoms with Gasteiger partial charge < -0.3 is 10.1 Å². The van der Waals surface area contributed by atoms with Crippen LogP contribution in [0.2, 0.25) is 0 Å². The standard InChI is InChI=1S/C17H20FNO/c1-3-12-20-17-11-7-6-10-16(17)19-13(2)14-8-4-5-9-15(14)18/h4-11,13,19H,3,12H2,1-2H3. The summed E-state index contributed by atoms with van der Waals surface area (Å²) < 4.78 is 19.5. The maximum Gasteiger partial charge on any atom is 0.142 e. The van der Waals surface area contributed by atoms with Gasteiger partial charge in [0.25, 0.3) is 0 Å². The number of nitrogens with one attached hydrogen (secondary N) is 1. The molecule has 0 spiro atoms. The quantitative estimate of drug-likeness (QED) is 0.817. The van der Waals surface area contributed by atoms with E-state index in [1.54, 1.807) is 12.1 Å². The first-order chi connectivity index (χ1) is 9.72. The van der Waals surface area contributed by atoms with E-state index >= 15 is 0 Å². The van der Waals surface area contributed by atoms with E-state index in [9.17, 15) is 4.39 Å². The van der Waals surface area contributed by atoms with E-state index in [2.05, 4.69) is 12.2 Å². The van der Waals surface area contributed by atoms with Gasteiger partial charge in [-0.1, -0.05) is 37.3 Å². The Morgan fingerprint density at radius 1 is 1.10 bits per heavy atom. The molecule has 1 atom stereocenters. The fraction of sp³-hybridized carbons (Fsp3) is 0.294. The molecule has 0 aliphatic heterocycles. The maximum atomic E-state index is 13.8. The van der Waals surface area contributed by atoms with Gasteiger partial charge in [-0.25, -0.2) is 4.39 Å². The van der Waals surface area contributed by atoms with Gasteiger partial charge in [0.15, 0.2) is 0 Å². The summed E-state index contributed by atoms with van der Waals surface area (Å²) in [5, 5.41) is 3.31.